The van der Waals surface area contributed by atoms with Crippen molar-refractivity contribution in [2.45, 2.75) is 11.1 Å². The van der Waals surface area contributed by atoms with Crippen LogP contribution in [0.2, 0.25) is 0 Å². The number of primary amides is 1. The van der Waals surface area contributed by atoms with E-state index in [0.29, 0.717) is 31.7 Å². The molecule has 4 N–H and O–H groups in total. The molecule has 0 bridgehead atoms. The van der Waals surface area contributed by atoms with E-state index in [1.54, 1.807) is 29.2 Å². The minimum absolute atomic E-state index is 0.272. The number of benzene rings is 2. The van der Waals surface area contributed by atoms with E-state index in [4.69, 9.17) is 10.9 Å². The van der Waals surface area contributed by atoms with E-state index in [9.17, 15) is 26.4 Å². The lowest BCUT2D eigenvalue weighted by Gasteiger charge is -2.37. The monoisotopic (exact) mass is 428 g/mol. The van der Waals surface area contributed by atoms with Crippen LogP contribution in [0.4, 0.5) is 24.5 Å². The Morgan fingerprint density at radius 1 is 0.897 bits per heavy atom. The van der Waals surface area contributed by atoms with Gasteiger partial charge < -0.3 is 15.5 Å². The number of alkyl halides is 3. The molecule has 0 spiro atoms. The smallest absolute Gasteiger partial charge is 0.368 e. The molecule has 0 atom stereocenters. The molecule has 156 valence electrons. The van der Waals surface area contributed by atoms with Gasteiger partial charge in [0.15, 0.2) is 0 Å². The van der Waals surface area contributed by atoms with Gasteiger partial charge in [-0.2, -0.15) is 13.2 Å². The van der Waals surface area contributed by atoms with Crippen LogP contribution in [0.25, 0.3) is 0 Å². The molecule has 0 aromatic heterocycles. The number of hydrogen-bond donors (Lipinski definition) is 2. The summed E-state index contributed by atoms with van der Waals surface area (Å²) in [4.78, 5) is 14.0. The molecule has 2 aromatic carbocycles. The maximum Gasteiger partial charge on any atom is 0.417 e. The molecule has 1 saturated heterocycles. The molecule has 3 rings (SSSR count). The quantitative estimate of drug-likeness (QED) is 0.772. The van der Waals surface area contributed by atoms with Gasteiger partial charge in [-0.15, -0.1) is 0 Å². The van der Waals surface area contributed by atoms with Crippen molar-refractivity contribution >= 4 is 27.3 Å². The van der Waals surface area contributed by atoms with Crippen LogP contribution in [0.1, 0.15) is 15.9 Å². The number of carbonyl (C=O) groups excluding carboxylic acids is 1. The fourth-order valence-corrected chi connectivity index (χ4v) is 3.98. The normalized spacial score (nSPS) is 15.4. The highest BCUT2D eigenvalue weighted by Crippen LogP contribution is 2.36. The van der Waals surface area contributed by atoms with Crippen molar-refractivity contribution in [2.75, 3.05) is 36.0 Å². The first kappa shape index (κ1) is 20.9. The van der Waals surface area contributed by atoms with Crippen LogP contribution in [0.5, 0.6) is 0 Å². The Hall–Kier alpha value is -2.79. The molecule has 7 nitrogen and oxygen atoms in total. The minimum atomic E-state index is -4.85. The third-order valence-corrected chi connectivity index (χ3v) is 5.71. The maximum absolute atomic E-state index is 13.3. The summed E-state index contributed by atoms with van der Waals surface area (Å²) in [5.41, 5.74) is 5.48. The van der Waals surface area contributed by atoms with Gasteiger partial charge in [-0.25, -0.2) is 13.6 Å². The average molecular weight is 428 g/mol. The van der Waals surface area contributed by atoms with Crippen molar-refractivity contribution < 1.29 is 26.4 Å². The first-order chi connectivity index (χ1) is 13.5. The summed E-state index contributed by atoms with van der Waals surface area (Å²) < 4.78 is 62.9. The number of carbonyl (C=O) groups is 1. The molecule has 0 saturated carbocycles. The summed E-state index contributed by atoms with van der Waals surface area (Å²) in [5.74, 6) is -0.523. The molecule has 1 aliphatic rings. The highest BCUT2D eigenvalue weighted by molar-refractivity contribution is 7.89. The van der Waals surface area contributed by atoms with Crippen molar-refractivity contribution in [1.82, 2.24) is 0 Å². The number of rotatable bonds is 4. The predicted octanol–water partition coefficient (Wildman–Crippen LogP) is 1.78. The Morgan fingerprint density at radius 3 is 1.83 bits per heavy atom. The Kier molecular flexibility index (Phi) is 5.46. The number of amides is 1. The topological polar surface area (TPSA) is 110 Å². The second-order valence-electron chi connectivity index (χ2n) is 6.61. The minimum Gasteiger partial charge on any atom is -0.368 e. The number of anilines is 2. The molecule has 11 heteroatoms. The summed E-state index contributed by atoms with van der Waals surface area (Å²) in [7, 11) is -4.50. The molecule has 1 fully saturated rings. The van der Waals surface area contributed by atoms with Crippen LogP contribution in [0.3, 0.4) is 0 Å². The Bertz CT molecular complexity index is 1020. The Balaban J connectivity index is 1.78. The van der Waals surface area contributed by atoms with E-state index < -0.39 is 32.6 Å². The average Bonchev–Trinajstić information content (AvgIpc) is 2.66. The van der Waals surface area contributed by atoms with Crippen LogP contribution in [-0.2, 0) is 16.2 Å². The third kappa shape index (κ3) is 4.62. The molecule has 0 radical (unpaired) electrons. The lowest BCUT2D eigenvalue weighted by molar-refractivity contribution is -0.139. The van der Waals surface area contributed by atoms with Crippen molar-refractivity contribution in [3.8, 4) is 0 Å². The van der Waals surface area contributed by atoms with E-state index in [1.165, 1.54) is 6.07 Å². The highest BCUT2D eigenvalue weighted by atomic mass is 32.2. The SMILES string of the molecule is NC(=O)c1ccc(N2CCN(c3ccc(S(N)(=O)=O)c(C(F)(F)F)c3)CC2)cc1. The van der Waals surface area contributed by atoms with Crippen molar-refractivity contribution in [2.24, 2.45) is 10.9 Å². The highest BCUT2D eigenvalue weighted by Gasteiger charge is 2.37. The zero-order valence-corrected chi connectivity index (χ0v) is 16.0. The van der Waals surface area contributed by atoms with Crippen molar-refractivity contribution in [3.63, 3.8) is 0 Å². The lowest BCUT2D eigenvalue weighted by atomic mass is 10.1. The van der Waals surface area contributed by atoms with Gasteiger partial charge in [-0.1, -0.05) is 0 Å². The van der Waals surface area contributed by atoms with Crippen LogP contribution in [-0.4, -0.2) is 40.5 Å². The van der Waals surface area contributed by atoms with Gasteiger partial charge in [-0.3, -0.25) is 4.79 Å². The second-order valence-corrected chi connectivity index (χ2v) is 8.14. The van der Waals surface area contributed by atoms with Gasteiger partial charge in [0.05, 0.1) is 10.5 Å². The molecular formula is C18H19F3N4O3S. The fraction of sp³-hybridized carbons (Fsp3) is 0.278. The maximum atomic E-state index is 13.3. The number of primary sulfonamides is 1. The van der Waals surface area contributed by atoms with Crippen LogP contribution in [0, 0.1) is 0 Å². The number of nitrogens with two attached hydrogens (primary N) is 2. The zero-order valence-electron chi connectivity index (χ0n) is 15.2. The lowest BCUT2D eigenvalue weighted by Crippen LogP contribution is -2.46. The summed E-state index contributed by atoms with van der Waals surface area (Å²) in [6.07, 6.45) is -4.85. The predicted molar refractivity (Wildman–Crippen MR) is 102 cm³/mol. The van der Waals surface area contributed by atoms with Crippen molar-refractivity contribution in [3.05, 3.63) is 53.6 Å². The van der Waals surface area contributed by atoms with Crippen LogP contribution in [0.15, 0.2) is 47.4 Å². The first-order valence-electron chi connectivity index (χ1n) is 8.60. The molecule has 2 aromatic rings. The number of sulfonamides is 1. The number of hydrogen-bond acceptors (Lipinski definition) is 5. The zero-order chi connectivity index (χ0) is 21.4. The van der Waals surface area contributed by atoms with E-state index >= 15 is 0 Å². The molecule has 0 unspecified atom stereocenters. The third-order valence-electron chi connectivity index (χ3n) is 4.74. The van der Waals surface area contributed by atoms with E-state index in [1.807, 2.05) is 4.90 Å². The van der Waals surface area contributed by atoms with Gasteiger partial charge in [0.1, 0.15) is 0 Å². The van der Waals surface area contributed by atoms with E-state index in [2.05, 4.69) is 0 Å². The van der Waals surface area contributed by atoms with E-state index in [0.717, 1.165) is 17.8 Å². The van der Waals surface area contributed by atoms with Gasteiger partial charge in [0, 0.05) is 43.1 Å². The van der Waals surface area contributed by atoms with E-state index in [-0.39, 0.29) is 5.69 Å². The van der Waals surface area contributed by atoms with Crippen LogP contribution >= 0.6 is 0 Å². The fourth-order valence-electron chi connectivity index (χ4n) is 3.24. The van der Waals surface area contributed by atoms with Crippen LogP contribution < -0.4 is 20.7 Å². The summed E-state index contributed by atoms with van der Waals surface area (Å²) in [6, 6.07) is 9.79. The summed E-state index contributed by atoms with van der Waals surface area (Å²) in [5, 5.41) is 4.92. The number of piperazine rings is 1. The Labute approximate surface area is 165 Å². The van der Waals surface area contributed by atoms with Gasteiger partial charge in [0.2, 0.25) is 15.9 Å². The molecule has 1 amide bonds. The van der Waals surface area contributed by atoms with Crippen molar-refractivity contribution in [1.29, 1.82) is 0 Å². The largest absolute Gasteiger partial charge is 0.417 e. The molecular weight excluding hydrogens is 409 g/mol. The number of nitrogens with zero attached hydrogens (tertiary/aromatic N) is 2. The standard InChI is InChI=1S/C18H19F3N4O3S/c19-18(20,21)15-11-14(5-6-16(15)29(23,27)28)25-9-7-24(8-10-25)13-3-1-12(2-4-13)17(22)26/h1-6,11H,7-10H2,(H2,22,26)(H2,23,27,28). The molecule has 1 aliphatic heterocycles. The molecule has 29 heavy (non-hydrogen) atoms. The Morgan fingerprint density at radius 2 is 1.38 bits per heavy atom. The van der Waals surface area contributed by atoms with Gasteiger partial charge in [-0.05, 0) is 42.5 Å². The van der Waals surface area contributed by atoms with Gasteiger partial charge in [0.25, 0.3) is 0 Å². The summed E-state index contributed by atoms with van der Waals surface area (Å²) in [6.45, 7) is 1.94. The van der Waals surface area contributed by atoms with Gasteiger partial charge >= 0.3 is 6.18 Å². The number of halogens is 3. The molecule has 1 heterocycles. The first-order valence-corrected chi connectivity index (χ1v) is 10.2. The second kappa shape index (κ2) is 7.56. The summed E-state index contributed by atoms with van der Waals surface area (Å²) >= 11 is 0. The molecule has 0 aliphatic carbocycles.